The number of furan rings is 1. The van der Waals surface area contributed by atoms with E-state index in [0.29, 0.717) is 6.04 Å². The van der Waals surface area contributed by atoms with Crippen LogP contribution >= 0.6 is 0 Å². The van der Waals surface area contributed by atoms with Gasteiger partial charge in [0.2, 0.25) is 0 Å². The van der Waals surface area contributed by atoms with Crippen molar-refractivity contribution in [2.75, 3.05) is 6.54 Å². The Labute approximate surface area is 74.0 Å². The zero-order chi connectivity index (χ0) is 8.97. The van der Waals surface area contributed by atoms with Gasteiger partial charge >= 0.3 is 0 Å². The molecule has 2 nitrogen and oxygen atoms in total. The van der Waals surface area contributed by atoms with Crippen molar-refractivity contribution in [2.24, 2.45) is 0 Å². The molecule has 0 unspecified atom stereocenters. The molecule has 0 saturated heterocycles. The fourth-order valence-electron chi connectivity index (χ4n) is 1.15. The van der Waals surface area contributed by atoms with Crippen LogP contribution in [0.25, 0.3) is 0 Å². The number of hydrogen-bond acceptors (Lipinski definition) is 2. The van der Waals surface area contributed by atoms with E-state index < -0.39 is 0 Å². The molecule has 0 aliphatic rings. The maximum atomic E-state index is 5.48. The van der Waals surface area contributed by atoms with E-state index in [4.69, 9.17) is 4.42 Å². The smallest absolute Gasteiger partial charge is 0.120 e. The second-order valence-corrected chi connectivity index (χ2v) is 3.12. The number of hydrogen-bond donors (Lipinski definition) is 1. The van der Waals surface area contributed by atoms with Gasteiger partial charge in [-0.2, -0.15) is 0 Å². The highest BCUT2D eigenvalue weighted by Crippen LogP contribution is 2.14. The topological polar surface area (TPSA) is 25.2 Å². The number of aryl methyl sites for hydroxylation is 1. The van der Waals surface area contributed by atoms with Gasteiger partial charge in [0.1, 0.15) is 11.5 Å². The third-order valence-electron chi connectivity index (χ3n) is 1.89. The van der Waals surface area contributed by atoms with Crippen LogP contribution in [0.5, 0.6) is 0 Å². The summed E-state index contributed by atoms with van der Waals surface area (Å²) < 4.78 is 5.48. The molecule has 12 heavy (non-hydrogen) atoms. The van der Waals surface area contributed by atoms with Crippen molar-refractivity contribution in [3.05, 3.63) is 23.7 Å². The minimum absolute atomic E-state index is 0.332. The number of rotatable bonds is 4. The summed E-state index contributed by atoms with van der Waals surface area (Å²) in [5.41, 5.74) is 0. The quantitative estimate of drug-likeness (QED) is 0.745. The first-order chi connectivity index (χ1) is 5.74. The molecule has 0 spiro atoms. The zero-order valence-electron chi connectivity index (χ0n) is 8.05. The van der Waals surface area contributed by atoms with Crippen molar-refractivity contribution in [1.29, 1.82) is 0 Å². The van der Waals surface area contributed by atoms with Crippen LogP contribution in [0.4, 0.5) is 0 Å². The first-order valence-electron chi connectivity index (χ1n) is 4.53. The van der Waals surface area contributed by atoms with Crippen molar-refractivity contribution in [3.8, 4) is 0 Å². The summed E-state index contributed by atoms with van der Waals surface area (Å²) in [6.07, 6.45) is 1.16. The van der Waals surface area contributed by atoms with Crippen LogP contribution in [0.3, 0.4) is 0 Å². The third-order valence-corrected chi connectivity index (χ3v) is 1.89. The molecule has 1 heterocycles. The van der Waals surface area contributed by atoms with Crippen LogP contribution < -0.4 is 5.32 Å². The van der Waals surface area contributed by atoms with Crippen LogP contribution in [-0.2, 0) is 0 Å². The maximum absolute atomic E-state index is 5.48. The Hall–Kier alpha value is -0.760. The van der Waals surface area contributed by atoms with Gasteiger partial charge in [-0.3, -0.25) is 0 Å². The minimum Gasteiger partial charge on any atom is -0.465 e. The second-order valence-electron chi connectivity index (χ2n) is 3.12. The van der Waals surface area contributed by atoms with Gasteiger partial charge in [0, 0.05) is 0 Å². The molecular formula is C10H17NO. The molecule has 0 aliphatic carbocycles. The molecule has 1 aromatic rings. The molecule has 1 atom stereocenters. The van der Waals surface area contributed by atoms with Gasteiger partial charge in [-0.05, 0) is 38.9 Å². The van der Waals surface area contributed by atoms with Crippen molar-refractivity contribution in [2.45, 2.75) is 33.2 Å². The summed E-state index contributed by atoms with van der Waals surface area (Å²) in [5, 5.41) is 3.37. The summed E-state index contributed by atoms with van der Waals surface area (Å²) in [4.78, 5) is 0. The van der Waals surface area contributed by atoms with Gasteiger partial charge < -0.3 is 9.73 Å². The molecule has 1 rings (SSSR count). The lowest BCUT2D eigenvalue weighted by molar-refractivity contribution is 0.417. The molecule has 0 saturated carbocycles. The van der Waals surface area contributed by atoms with Crippen molar-refractivity contribution in [1.82, 2.24) is 5.32 Å². The van der Waals surface area contributed by atoms with Crippen molar-refractivity contribution >= 4 is 0 Å². The molecule has 1 N–H and O–H groups in total. The van der Waals surface area contributed by atoms with E-state index in [9.17, 15) is 0 Å². The maximum Gasteiger partial charge on any atom is 0.120 e. The van der Waals surface area contributed by atoms with Crippen LogP contribution in [0.1, 0.15) is 37.8 Å². The first kappa shape index (κ1) is 9.33. The lowest BCUT2D eigenvalue weighted by atomic mass is 10.2. The predicted octanol–water partition coefficient (Wildman–Crippen LogP) is 2.65. The Morgan fingerprint density at radius 1 is 1.50 bits per heavy atom. The molecule has 0 aliphatic heterocycles. The molecule has 0 radical (unpaired) electrons. The van der Waals surface area contributed by atoms with Gasteiger partial charge in [-0.15, -0.1) is 0 Å². The molecule has 68 valence electrons. The second kappa shape index (κ2) is 4.31. The Balaban J connectivity index is 2.47. The highest BCUT2D eigenvalue weighted by molar-refractivity contribution is 5.08. The molecular weight excluding hydrogens is 150 g/mol. The zero-order valence-corrected chi connectivity index (χ0v) is 8.05. The molecule has 0 fully saturated rings. The van der Waals surface area contributed by atoms with Gasteiger partial charge in [0.15, 0.2) is 0 Å². The standard InChI is InChI=1S/C10H17NO/c1-4-7-11-9(3)10-6-5-8(2)12-10/h5-6,9,11H,4,7H2,1-3H3/t9-/m1/s1. The third kappa shape index (κ3) is 2.38. The van der Waals surface area contributed by atoms with Gasteiger partial charge in [0.25, 0.3) is 0 Å². The van der Waals surface area contributed by atoms with Crippen molar-refractivity contribution in [3.63, 3.8) is 0 Å². The Kier molecular flexibility index (Phi) is 3.35. The molecule has 2 heteroatoms. The minimum atomic E-state index is 0.332. The van der Waals surface area contributed by atoms with Gasteiger partial charge in [0.05, 0.1) is 6.04 Å². The average Bonchev–Trinajstić information content (AvgIpc) is 2.47. The highest BCUT2D eigenvalue weighted by atomic mass is 16.3. The first-order valence-corrected chi connectivity index (χ1v) is 4.53. The van der Waals surface area contributed by atoms with Gasteiger partial charge in [-0.25, -0.2) is 0 Å². The van der Waals surface area contributed by atoms with E-state index in [2.05, 4.69) is 19.2 Å². The van der Waals surface area contributed by atoms with E-state index in [1.54, 1.807) is 0 Å². The predicted molar refractivity (Wildman–Crippen MR) is 50.2 cm³/mol. The van der Waals surface area contributed by atoms with E-state index in [1.165, 1.54) is 0 Å². The van der Waals surface area contributed by atoms with Crippen LogP contribution in [0.15, 0.2) is 16.5 Å². The Morgan fingerprint density at radius 3 is 2.75 bits per heavy atom. The lowest BCUT2D eigenvalue weighted by Crippen LogP contribution is -2.18. The average molecular weight is 167 g/mol. The fourth-order valence-corrected chi connectivity index (χ4v) is 1.15. The highest BCUT2D eigenvalue weighted by Gasteiger charge is 2.06. The largest absolute Gasteiger partial charge is 0.465 e. The Bertz CT molecular complexity index is 229. The van der Waals surface area contributed by atoms with Crippen LogP contribution in [0.2, 0.25) is 0 Å². The van der Waals surface area contributed by atoms with E-state index >= 15 is 0 Å². The SMILES string of the molecule is CCCN[C@H](C)c1ccc(C)o1. The molecule has 0 amide bonds. The van der Waals surface area contributed by atoms with Gasteiger partial charge in [-0.1, -0.05) is 6.92 Å². The summed E-state index contributed by atoms with van der Waals surface area (Å²) in [6.45, 7) is 7.29. The lowest BCUT2D eigenvalue weighted by Gasteiger charge is -2.09. The fraction of sp³-hybridized carbons (Fsp3) is 0.600. The normalized spacial score (nSPS) is 13.2. The van der Waals surface area contributed by atoms with Crippen LogP contribution in [0, 0.1) is 6.92 Å². The monoisotopic (exact) mass is 167 g/mol. The summed E-state index contributed by atoms with van der Waals surface area (Å²) in [6, 6.07) is 4.36. The summed E-state index contributed by atoms with van der Waals surface area (Å²) in [7, 11) is 0. The molecule has 0 aromatic carbocycles. The Morgan fingerprint density at radius 2 is 2.25 bits per heavy atom. The summed E-state index contributed by atoms with van der Waals surface area (Å²) >= 11 is 0. The molecule has 0 bridgehead atoms. The van der Waals surface area contributed by atoms with Crippen LogP contribution in [-0.4, -0.2) is 6.54 Å². The molecule has 1 aromatic heterocycles. The number of nitrogens with one attached hydrogen (secondary N) is 1. The van der Waals surface area contributed by atoms with E-state index in [0.717, 1.165) is 24.5 Å². The van der Waals surface area contributed by atoms with E-state index in [1.807, 2.05) is 19.1 Å². The summed E-state index contributed by atoms with van der Waals surface area (Å²) in [5.74, 6) is 2.01. The van der Waals surface area contributed by atoms with E-state index in [-0.39, 0.29) is 0 Å². The van der Waals surface area contributed by atoms with Crippen molar-refractivity contribution < 1.29 is 4.42 Å².